The summed E-state index contributed by atoms with van der Waals surface area (Å²) in [5.74, 6) is -0.439. The van der Waals surface area contributed by atoms with E-state index in [-0.39, 0.29) is 24.1 Å². The zero-order chi connectivity index (χ0) is 19.4. The minimum Gasteiger partial charge on any atom is -0.353 e. The number of anilines is 1. The van der Waals surface area contributed by atoms with Gasteiger partial charge < -0.3 is 10.2 Å². The van der Waals surface area contributed by atoms with Crippen molar-refractivity contribution >= 4 is 27.5 Å². The molecule has 1 aromatic rings. The number of carbonyl (C=O) groups is 2. The highest BCUT2D eigenvalue weighted by Gasteiger charge is 2.32. The molecule has 0 bridgehead atoms. The largest absolute Gasteiger partial charge is 0.353 e. The zero-order valence-corrected chi connectivity index (χ0v) is 16.5. The number of likely N-dealkylation sites (tertiary alicyclic amines) is 1. The highest BCUT2D eigenvalue weighted by Crippen LogP contribution is 2.29. The number of benzene rings is 1. The lowest BCUT2D eigenvalue weighted by Gasteiger charge is -2.34. The molecule has 0 saturated carbocycles. The number of piperidine rings is 1. The summed E-state index contributed by atoms with van der Waals surface area (Å²) in [6.07, 6.45) is 3.50. The Morgan fingerprint density at radius 1 is 1.19 bits per heavy atom. The highest BCUT2D eigenvalue weighted by molar-refractivity contribution is 7.92. The second-order valence-corrected chi connectivity index (χ2v) is 9.02. The summed E-state index contributed by atoms with van der Waals surface area (Å²) in [4.78, 5) is 26.2. The number of carbonyl (C=O) groups excluding carboxylic acids is 2. The third-order valence-corrected chi connectivity index (χ3v) is 7.04. The lowest BCUT2D eigenvalue weighted by molar-refractivity contribution is -0.142. The van der Waals surface area contributed by atoms with E-state index in [0.717, 1.165) is 24.1 Å². The molecule has 0 spiro atoms. The maximum absolute atomic E-state index is 12.7. The Kier molecular flexibility index (Phi) is 6.04. The number of rotatable bonds is 6. The van der Waals surface area contributed by atoms with Crippen molar-refractivity contribution in [3.8, 4) is 0 Å². The van der Waals surface area contributed by atoms with Gasteiger partial charge in [0.05, 0.1) is 11.4 Å². The molecule has 0 aromatic heterocycles. The average Bonchev–Trinajstić information content (AvgIpc) is 3.12. The number of fused-ring (bicyclic) bond motifs is 1. The topological polar surface area (TPSA) is 86.8 Å². The van der Waals surface area contributed by atoms with Gasteiger partial charge in [0, 0.05) is 26.1 Å². The minimum atomic E-state index is -3.50. The van der Waals surface area contributed by atoms with Crippen molar-refractivity contribution in [1.82, 2.24) is 10.2 Å². The van der Waals surface area contributed by atoms with Crippen LogP contribution in [-0.4, -0.2) is 56.6 Å². The first-order valence-corrected chi connectivity index (χ1v) is 11.2. The van der Waals surface area contributed by atoms with Crippen LogP contribution >= 0.6 is 0 Å². The Balaban J connectivity index is 1.57. The normalized spacial score (nSPS) is 19.7. The molecule has 2 amide bonds. The molecule has 0 radical (unpaired) electrons. The van der Waals surface area contributed by atoms with Gasteiger partial charge in [-0.25, -0.2) is 8.42 Å². The Bertz CT molecular complexity index is 809. The standard InChI is InChI=1S/C19H27N3O4S/c1-2-18(23)21-12-6-5-9-17(21)19(24)20-11-14-27(25,26)22-13-10-15-7-3-4-8-16(15)22/h3-4,7-8,17H,2,5-6,9-14H2,1H3,(H,20,24). The van der Waals surface area contributed by atoms with Gasteiger partial charge in [-0.1, -0.05) is 25.1 Å². The van der Waals surface area contributed by atoms with E-state index in [2.05, 4.69) is 5.32 Å². The van der Waals surface area contributed by atoms with Crippen LogP contribution in [0.15, 0.2) is 24.3 Å². The van der Waals surface area contributed by atoms with Gasteiger partial charge in [-0.2, -0.15) is 0 Å². The highest BCUT2D eigenvalue weighted by atomic mass is 32.2. The lowest BCUT2D eigenvalue weighted by Crippen LogP contribution is -2.52. The smallest absolute Gasteiger partial charge is 0.242 e. The van der Waals surface area contributed by atoms with Crippen LogP contribution in [0.3, 0.4) is 0 Å². The van der Waals surface area contributed by atoms with Crippen LogP contribution in [0, 0.1) is 0 Å². The third kappa shape index (κ3) is 4.26. The molecular formula is C19H27N3O4S. The van der Waals surface area contributed by atoms with E-state index in [1.54, 1.807) is 11.8 Å². The van der Waals surface area contributed by atoms with Crippen molar-refractivity contribution in [3.63, 3.8) is 0 Å². The molecule has 7 nitrogen and oxygen atoms in total. The molecule has 1 saturated heterocycles. The molecule has 1 aromatic carbocycles. The monoisotopic (exact) mass is 393 g/mol. The van der Waals surface area contributed by atoms with Gasteiger partial charge in [0.15, 0.2) is 0 Å². The average molecular weight is 394 g/mol. The maximum Gasteiger partial charge on any atom is 0.242 e. The van der Waals surface area contributed by atoms with Crippen molar-refractivity contribution in [2.24, 2.45) is 0 Å². The summed E-state index contributed by atoms with van der Waals surface area (Å²) in [6.45, 7) is 2.86. The number of hydrogen-bond acceptors (Lipinski definition) is 4. The van der Waals surface area contributed by atoms with Crippen LogP contribution in [0.5, 0.6) is 0 Å². The van der Waals surface area contributed by atoms with Crippen LogP contribution in [0.4, 0.5) is 5.69 Å². The summed E-state index contributed by atoms with van der Waals surface area (Å²) >= 11 is 0. The second kappa shape index (κ2) is 8.29. The van der Waals surface area contributed by atoms with Crippen molar-refractivity contribution in [3.05, 3.63) is 29.8 Å². The molecule has 27 heavy (non-hydrogen) atoms. The first-order chi connectivity index (χ1) is 12.9. The Morgan fingerprint density at radius 2 is 1.96 bits per heavy atom. The number of amides is 2. The molecule has 2 aliphatic rings. The van der Waals surface area contributed by atoms with E-state index in [1.165, 1.54) is 4.31 Å². The van der Waals surface area contributed by atoms with Gasteiger partial charge in [0.2, 0.25) is 21.8 Å². The number of nitrogens with one attached hydrogen (secondary N) is 1. The fourth-order valence-electron chi connectivity index (χ4n) is 3.83. The van der Waals surface area contributed by atoms with Crippen LogP contribution in [-0.2, 0) is 26.0 Å². The van der Waals surface area contributed by atoms with E-state index in [4.69, 9.17) is 0 Å². The summed E-state index contributed by atoms with van der Waals surface area (Å²) in [6, 6.07) is 7.00. The fraction of sp³-hybridized carbons (Fsp3) is 0.579. The van der Waals surface area contributed by atoms with E-state index >= 15 is 0 Å². The molecule has 148 valence electrons. The minimum absolute atomic E-state index is 0.0313. The second-order valence-electron chi connectivity index (χ2n) is 7.01. The Morgan fingerprint density at radius 3 is 2.74 bits per heavy atom. The van der Waals surface area contributed by atoms with Crippen LogP contribution in [0.25, 0.3) is 0 Å². The summed E-state index contributed by atoms with van der Waals surface area (Å²) in [7, 11) is -3.50. The van der Waals surface area contributed by atoms with Gasteiger partial charge in [0.1, 0.15) is 6.04 Å². The van der Waals surface area contributed by atoms with Crippen LogP contribution in [0.1, 0.15) is 38.2 Å². The Labute approximate surface area is 160 Å². The Hall–Kier alpha value is -2.09. The predicted octanol–water partition coefficient (Wildman–Crippen LogP) is 1.29. The van der Waals surface area contributed by atoms with E-state index in [1.807, 2.05) is 24.3 Å². The molecule has 1 N–H and O–H groups in total. The molecule has 1 atom stereocenters. The molecule has 1 unspecified atom stereocenters. The molecule has 1 fully saturated rings. The number of sulfonamides is 1. The number of hydrogen-bond donors (Lipinski definition) is 1. The summed E-state index contributed by atoms with van der Waals surface area (Å²) in [5, 5.41) is 2.73. The molecule has 2 heterocycles. The SMILES string of the molecule is CCC(=O)N1CCCCC1C(=O)NCCS(=O)(=O)N1CCc2ccccc21. The molecular weight excluding hydrogens is 366 g/mol. The molecule has 2 aliphatic heterocycles. The summed E-state index contributed by atoms with van der Waals surface area (Å²) < 4.78 is 26.8. The van der Waals surface area contributed by atoms with Crippen LogP contribution < -0.4 is 9.62 Å². The number of nitrogens with zero attached hydrogens (tertiary/aromatic N) is 2. The quantitative estimate of drug-likeness (QED) is 0.789. The first kappa shape index (κ1) is 19.7. The first-order valence-electron chi connectivity index (χ1n) is 9.59. The van der Waals surface area contributed by atoms with Gasteiger partial charge in [-0.3, -0.25) is 13.9 Å². The van der Waals surface area contributed by atoms with Gasteiger partial charge >= 0.3 is 0 Å². The van der Waals surface area contributed by atoms with E-state index in [9.17, 15) is 18.0 Å². The van der Waals surface area contributed by atoms with Crippen molar-refractivity contribution in [2.75, 3.05) is 29.7 Å². The third-order valence-electron chi connectivity index (χ3n) is 5.27. The van der Waals surface area contributed by atoms with Crippen molar-refractivity contribution in [1.29, 1.82) is 0 Å². The fourth-order valence-corrected chi connectivity index (χ4v) is 5.26. The lowest BCUT2D eigenvalue weighted by atomic mass is 10.0. The summed E-state index contributed by atoms with van der Waals surface area (Å²) in [5.41, 5.74) is 1.76. The van der Waals surface area contributed by atoms with E-state index in [0.29, 0.717) is 32.4 Å². The van der Waals surface area contributed by atoms with Gasteiger partial charge in [0.25, 0.3) is 0 Å². The molecule has 8 heteroatoms. The molecule has 0 aliphatic carbocycles. The number of para-hydroxylation sites is 1. The zero-order valence-electron chi connectivity index (χ0n) is 15.7. The van der Waals surface area contributed by atoms with Gasteiger partial charge in [-0.15, -0.1) is 0 Å². The van der Waals surface area contributed by atoms with Crippen molar-refractivity contribution < 1.29 is 18.0 Å². The maximum atomic E-state index is 12.7. The molecule has 3 rings (SSSR count). The van der Waals surface area contributed by atoms with Crippen molar-refractivity contribution in [2.45, 2.75) is 45.1 Å². The van der Waals surface area contributed by atoms with Crippen LogP contribution in [0.2, 0.25) is 0 Å². The van der Waals surface area contributed by atoms with Gasteiger partial charge in [-0.05, 0) is 37.3 Å². The van der Waals surface area contributed by atoms with E-state index < -0.39 is 16.1 Å². The predicted molar refractivity (Wildman–Crippen MR) is 104 cm³/mol.